The third kappa shape index (κ3) is 6.62. The van der Waals surface area contributed by atoms with E-state index in [4.69, 9.17) is 27.8 Å². The lowest BCUT2D eigenvalue weighted by Gasteiger charge is -2.04. The second kappa shape index (κ2) is 10.2. The average Bonchev–Trinajstić information content (AvgIpc) is 2.79. The molecule has 1 N–H and O–H groups in total. The summed E-state index contributed by atoms with van der Waals surface area (Å²) in [5, 5.41) is 0. The van der Waals surface area contributed by atoms with Gasteiger partial charge < -0.3 is 4.74 Å². The summed E-state index contributed by atoms with van der Waals surface area (Å²) in [4.78, 5) is 0. The number of halogens is 1. The molecule has 0 radical (unpaired) electrons. The van der Waals surface area contributed by atoms with Gasteiger partial charge in [-0.15, -0.1) is 0 Å². The van der Waals surface area contributed by atoms with Gasteiger partial charge in [-0.05, 0) is 48.0 Å². The lowest BCUT2D eigenvalue weighted by atomic mass is 9.99. The van der Waals surface area contributed by atoms with Crippen molar-refractivity contribution in [3.8, 4) is 39.5 Å². The maximum absolute atomic E-state index is 8.60. The maximum atomic E-state index is 8.60. The molecule has 158 valence electrons. The Morgan fingerprint density at radius 1 is 0.677 bits per heavy atom. The molecule has 0 fully saturated rings. The molecular formula is C24H20ClO6+. The monoisotopic (exact) mass is 439 g/mol. The highest BCUT2D eigenvalue weighted by atomic mass is 35.7. The van der Waals surface area contributed by atoms with Gasteiger partial charge in [-0.3, -0.25) is 0 Å². The van der Waals surface area contributed by atoms with Crippen molar-refractivity contribution in [2.75, 3.05) is 7.11 Å². The standard InChI is InChI=1S/C24H19O2.ClHO4/c1-25-21-14-12-18(13-15-21)22-16-17-23(19-8-4-2-5-9-19)26-24(22)20-10-6-3-7-11-20;2-1(3,4)5/h2-17H,1H3;(H,2,3,4,5)/q+1;. The Kier molecular flexibility index (Phi) is 7.36. The molecule has 0 aliphatic carbocycles. The molecule has 3 aromatic carbocycles. The van der Waals surface area contributed by atoms with Crippen LogP contribution in [0.4, 0.5) is 0 Å². The third-order valence-corrected chi connectivity index (χ3v) is 4.35. The van der Waals surface area contributed by atoms with Crippen molar-refractivity contribution in [2.24, 2.45) is 0 Å². The summed E-state index contributed by atoms with van der Waals surface area (Å²) in [5.74, 6) is 2.55. The number of rotatable bonds is 4. The van der Waals surface area contributed by atoms with E-state index in [1.807, 2.05) is 54.6 Å². The summed E-state index contributed by atoms with van der Waals surface area (Å²) in [6.07, 6.45) is 0. The van der Waals surface area contributed by atoms with Crippen LogP contribution < -0.4 is 18.7 Å². The van der Waals surface area contributed by atoms with Gasteiger partial charge in [0.25, 0.3) is 0 Å². The average molecular weight is 440 g/mol. The molecule has 0 spiro atoms. The van der Waals surface area contributed by atoms with Crippen LogP contribution >= 0.6 is 0 Å². The van der Waals surface area contributed by atoms with Crippen LogP contribution in [0.25, 0.3) is 33.8 Å². The molecule has 6 nitrogen and oxygen atoms in total. The zero-order chi connectivity index (χ0) is 22.3. The summed E-state index contributed by atoms with van der Waals surface area (Å²) in [5.41, 5.74) is 4.26. The SMILES string of the molecule is COc1ccc(-c2ccc(-c3ccccc3)[o+]c2-c2ccccc2)cc1.[O-][Cl+3]([O-])([O-])O. The Balaban J connectivity index is 0.000000491. The van der Waals surface area contributed by atoms with Gasteiger partial charge in [-0.25, -0.2) is 4.42 Å². The fraction of sp³-hybridized carbons (Fsp3) is 0.0417. The Morgan fingerprint density at radius 2 is 1.19 bits per heavy atom. The van der Waals surface area contributed by atoms with Crippen molar-refractivity contribution in [3.05, 3.63) is 97.1 Å². The first kappa shape index (κ1) is 22.4. The molecule has 1 heterocycles. The van der Waals surface area contributed by atoms with Gasteiger partial charge in [0.15, 0.2) is 0 Å². The molecule has 0 saturated carbocycles. The van der Waals surface area contributed by atoms with Gasteiger partial charge in [-0.1, -0.05) is 48.5 Å². The second-order valence-electron chi connectivity index (χ2n) is 6.40. The molecule has 1 aromatic heterocycles. The summed E-state index contributed by atoms with van der Waals surface area (Å²) in [6, 6.07) is 32.6. The number of benzene rings is 3. The second-order valence-corrected chi connectivity index (χ2v) is 7.19. The fourth-order valence-corrected chi connectivity index (χ4v) is 2.99. The van der Waals surface area contributed by atoms with E-state index < -0.39 is 10.2 Å². The first-order valence-electron chi connectivity index (χ1n) is 9.21. The third-order valence-electron chi connectivity index (χ3n) is 4.35. The Labute approximate surface area is 182 Å². The number of ether oxygens (including phenoxy) is 1. The van der Waals surface area contributed by atoms with Gasteiger partial charge in [0.1, 0.15) is 5.75 Å². The van der Waals surface area contributed by atoms with Gasteiger partial charge >= 0.3 is 11.5 Å². The predicted octanol–water partition coefficient (Wildman–Crippen LogP) is 2.45. The van der Waals surface area contributed by atoms with Crippen LogP contribution in [0.15, 0.2) is 101 Å². The number of hydrogen-bond acceptors (Lipinski definition) is 5. The molecule has 0 saturated heterocycles. The quantitative estimate of drug-likeness (QED) is 0.489. The highest BCUT2D eigenvalue weighted by Gasteiger charge is 2.23. The Bertz CT molecular complexity index is 1090. The van der Waals surface area contributed by atoms with E-state index in [1.165, 1.54) is 0 Å². The summed E-state index contributed by atoms with van der Waals surface area (Å²) >= 11 is 0. The van der Waals surface area contributed by atoms with Crippen molar-refractivity contribution in [2.45, 2.75) is 0 Å². The van der Waals surface area contributed by atoms with Crippen molar-refractivity contribution in [3.63, 3.8) is 0 Å². The van der Waals surface area contributed by atoms with Crippen molar-refractivity contribution >= 4 is 0 Å². The van der Waals surface area contributed by atoms with Gasteiger partial charge in [0.05, 0.1) is 38.7 Å². The number of methoxy groups -OCH3 is 1. The van der Waals surface area contributed by atoms with Crippen LogP contribution in [0.1, 0.15) is 0 Å². The summed E-state index contributed by atoms with van der Waals surface area (Å²) in [6.45, 7) is 0. The molecule has 7 heteroatoms. The van der Waals surface area contributed by atoms with Crippen LogP contribution in [-0.2, 0) is 0 Å². The van der Waals surface area contributed by atoms with Crippen molar-refractivity contribution < 1.29 is 38.0 Å². The minimum Gasteiger partial charge on any atom is -0.497 e. The Hall–Kier alpha value is -3.26. The van der Waals surface area contributed by atoms with E-state index in [1.54, 1.807) is 7.11 Å². The van der Waals surface area contributed by atoms with Crippen LogP contribution in [0.2, 0.25) is 0 Å². The van der Waals surface area contributed by atoms with Crippen LogP contribution in [0, 0.1) is 10.2 Å². The summed E-state index contributed by atoms with van der Waals surface area (Å²) < 4.78 is 44.4. The number of hydrogen-bond donors (Lipinski definition) is 1. The molecule has 4 aromatic rings. The smallest absolute Gasteiger partial charge is 0.368 e. The normalized spacial score (nSPS) is 10.7. The molecule has 4 rings (SSSR count). The molecular weight excluding hydrogens is 420 g/mol. The van der Waals surface area contributed by atoms with Crippen molar-refractivity contribution in [1.82, 2.24) is 0 Å². The lowest BCUT2D eigenvalue weighted by Crippen LogP contribution is -2.58. The van der Waals surface area contributed by atoms with E-state index >= 15 is 0 Å². The molecule has 0 atom stereocenters. The van der Waals surface area contributed by atoms with Crippen LogP contribution in [-0.4, -0.2) is 11.8 Å². The lowest BCUT2D eigenvalue weighted by molar-refractivity contribution is -1.92. The highest BCUT2D eigenvalue weighted by molar-refractivity contribution is 5.81. The van der Waals surface area contributed by atoms with E-state index in [9.17, 15) is 0 Å². The molecule has 0 unspecified atom stereocenters. The topological polar surface area (TPSA) is 110 Å². The molecule has 0 aliphatic rings. The van der Waals surface area contributed by atoms with E-state index in [-0.39, 0.29) is 0 Å². The minimum absolute atomic E-state index is 0.841. The van der Waals surface area contributed by atoms with E-state index in [2.05, 4.69) is 42.5 Å². The van der Waals surface area contributed by atoms with Gasteiger partial charge in [0.2, 0.25) is 0 Å². The first-order chi connectivity index (χ1) is 14.8. The highest BCUT2D eigenvalue weighted by Crippen LogP contribution is 2.36. The van der Waals surface area contributed by atoms with E-state index in [0.29, 0.717) is 0 Å². The Morgan fingerprint density at radius 3 is 1.71 bits per heavy atom. The van der Waals surface area contributed by atoms with Crippen LogP contribution in [0.3, 0.4) is 0 Å². The first-order valence-corrected chi connectivity index (χ1v) is 10.5. The van der Waals surface area contributed by atoms with E-state index in [0.717, 1.165) is 39.5 Å². The predicted molar refractivity (Wildman–Crippen MR) is 108 cm³/mol. The summed E-state index contributed by atoms with van der Waals surface area (Å²) in [7, 11) is -3.02. The van der Waals surface area contributed by atoms with Crippen LogP contribution in [0.5, 0.6) is 5.75 Å². The van der Waals surface area contributed by atoms with Gasteiger partial charge in [-0.2, -0.15) is 14.0 Å². The fourth-order valence-electron chi connectivity index (χ4n) is 2.99. The van der Waals surface area contributed by atoms with Gasteiger partial charge in [0, 0.05) is 6.07 Å². The largest absolute Gasteiger partial charge is 0.497 e. The maximum Gasteiger partial charge on any atom is 0.368 e. The minimum atomic E-state index is -4.69. The molecule has 0 aliphatic heterocycles. The molecule has 0 bridgehead atoms. The molecule has 0 amide bonds. The molecule has 31 heavy (non-hydrogen) atoms. The zero-order valence-electron chi connectivity index (χ0n) is 16.6. The van der Waals surface area contributed by atoms with Crippen molar-refractivity contribution in [1.29, 1.82) is 0 Å². The zero-order valence-corrected chi connectivity index (χ0v) is 17.4.